The number of aliphatic hydroxyl groups excluding tert-OH is 1. The van der Waals surface area contributed by atoms with E-state index in [1.165, 1.54) is 22.3 Å². The number of nitrogens with zero attached hydrogens (tertiary/aromatic N) is 1. The van der Waals surface area contributed by atoms with E-state index in [9.17, 15) is 5.11 Å². The van der Waals surface area contributed by atoms with E-state index in [0.717, 1.165) is 36.9 Å². The van der Waals surface area contributed by atoms with Crippen LogP contribution in [0.2, 0.25) is 0 Å². The number of hydrogen-bond donors (Lipinski definition) is 1. The van der Waals surface area contributed by atoms with E-state index in [2.05, 4.69) is 84.4 Å². The molecule has 148 valence electrons. The summed E-state index contributed by atoms with van der Waals surface area (Å²) in [5, 5.41) is 9.29. The van der Waals surface area contributed by atoms with Gasteiger partial charge in [0.05, 0.1) is 11.8 Å². The van der Waals surface area contributed by atoms with Crippen LogP contribution in [0.15, 0.2) is 85.6 Å². The van der Waals surface area contributed by atoms with E-state index in [1.807, 2.05) is 19.2 Å². The molecule has 1 heterocycles. The van der Waals surface area contributed by atoms with Crippen molar-refractivity contribution in [3.8, 4) is 22.4 Å². The summed E-state index contributed by atoms with van der Waals surface area (Å²) in [6, 6.07) is 21.3. The van der Waals surface area contributed by atoms with Gasteiger partial charge in [-0.2, -0.15) is 0 Å². The molecule has 0 aliphatic rings. The summed E-state index contributed by atoms with van der Waals surface area (Å²) in [7, 11) is 0. The predicted octanol–water partition coefficient (Wildman–Crippen LogP) is 6.71. The quantitative estimate of drug-likeness (QED) is 0.329. The lowest BCUT2D eigenvalue weighted by atomic mass is 10.0. The molecule has 3 rings (SSSR count). The molecular weight excluding hydrogens is 354 g/mol. The van der Waals surface area contributed by atoms with Crippen LogP contribution in [0.3, 0.4) is 0 Å². The van der Waals surface area contributed by atoms with E-state index in [4.69, 9.17) is 0 Å². The fraction of sp³-hybridized carbons (Fsp3) is 0.222. The van der Waals surface area contributed by atoms with Crippen molar-refractivity contribution < 1.29 is 5.11 Å². The van der Waals surface area contributed by atoms with Crippen LogP contribution in [-0.4, -0.2) is 16.2 Å². The standard InChI is InChI=1S/C27H29NO/c1-3-7-23-12-19-27(28-20-23)26-17-15-25(16-18-26)24-13-10-22(11-14-24)9-6-4-5-8-21(2)29/h3,6,9-21,29H,1,4-5,7-8H2,2H3/b9-6+. The van der Waals surface area contributed by atoms with Gasteiger partial charge in [0.1, 0.15) is 0 Å². The molecule has 3 aromatic rings. The second-order valence-electron chi connectivity index (χ2n) is 7.43. The summed E-state index contributed by atoms with van der Waals surface area (Å²) in [4.78, 5) is 4.56. The fourth-order valence-electron chi connectivity index (χ4n) is 3.25. The topological polar surface area (TPSA) is 33.1 Å². The zero-order valence-electron chi connectivity index (χ0n) is 17.1. The van der Waals surface area contributed by atoms with Crippen LogP contribution in [0.4, 0.5) is 0 Å². The first kappa shape index (κ1) is 20.8. The predicted molar refractivity (Wildman–Crippen MR) is 124 cm³/mol. The number of allylic oxidation sites excluding steroid dienone is 2. The Morgan fingerprint density at radius 2 is 1.59 bits per heavy atom. The van der Waals surface area contributed by atoms with Gasteiger partial charge in [-0.25, -0.2) is 0 Å². The monoisotopic (exact) mass is 383 g/mol. The van der Waals surface area contributed by atoms with Crippen LogP contribution >= 0.6 is 0 Å². The van der Waals surface area contributed by atoms with Gasteiger partial charge in [-0.1, -0.05) is 72.8 Å². The van der Waals surface area contributed by atoms with Gasteiger partial charge in [0.15, 0.2) is 0 Å². The van der Waals surface area contributed by atoms with E-state index in [-0.39, 0.29) is 6.10 Å². The molecule has 2 heteroatoms. The molecule has 0 spiro atoms. The molecule has 2 aromatic carbocycles. The molecule has 0 bridgehead atoms. The highest BCUT2D eigenvalue weighted by atomic mass is 16.3. The van der Waals surface area contributed by atoms with Gasteiger partial charge in [0, 0.05) is 11.8 Å². The van der Waals surface area contributed by atoms with Crippen LogP contribution in [0.25, 0.3) is 28.5 Å². The van der Waals surface area contributed by atoms with Crippen molar-refractivity contribution in [3.63, 3.8) is 0 Å². The Balaban J connectivity index is 1.62. The van der Waals surface area contributed by atoms with Crippen molar-refractivity contribution in [1.29, 1.82) is 0 Å². The molecule has 29 heavy (non-hydrogen) atoms. The molecule has 1 atom stereocenters. The summed E-state index contributed by atoms with van der Waals surface area (Å²) in [6.07, 6.45) is 11.7. The molecular formula is C27H29NO. The van der Waals surface area contributed by atoms with Gasteiger partial charge in [0.2, 0.25) is 0 Å². The van der Waals surface area contributed by atoms with Crippen LogP contribution in [0.5, 0.6) is 0 Å². The Morgan fingerprint density at radius 3 is 2.17 bits per heavy atom. The first-order valence-corrected chi connectivity index (χ1v) is 10.3. The smallest absolute Gasteiger partial charge is 0.0702 e. The van der Waals surface area contributed by atoms with Crippen LogP contribution in [-0.2, 0) is 6.42 Å². The maximum atomic E-state index is 9.29. The van der Waals surface area contributed by atoms with Gasteiger partial charge in [-0.05, 0) is 60.9 Å². The molecule has 0 aliphatic carbocycles. The summed E-state index contributed by atoms with van der Waals surface area (Å²) < 4.78 is 0. The van der Waals surface area contributed by atoms with Crippen LogP contribution in [0, 0.1) is 0 Å². The third kappa shape index (κ3) is 6.27. The Morgan fingerprint density at radius 1 is 0.931 bits per heavy atom. The molecule has 0 saturated heterocycles. The molecule has 0 saturated carbocycles. The average Bonchev–Trinajstić information content (AvgIpc) is 2.75. The number of unbranched alkanes of at least 4 members (excludes halogenated alkanes) is 1. The molecule has 2 nitrogen and oxygen atoms in total. The molecule has 1 N–H and O–H groups in total. The Hall–Kier alpha value is -2.97. The first-order chi connectivity index (χ1) is 14.2. The fourth-order valence-corrected chi connectivity index (χ4v) is 3.25. The molecule has 0 fully saturated rings. The third-order valence-corrected chi connectivity index (χ3v) is 4.93. The Bertz CT molecular complexity index is 920. The van der Waals surface area contributed by atoms with Gasteiger partial charge < -0.3 is 5.11 Å². The number of aromatic nitrogens is 1. The second kappa shape index (κ2) is 10.5. The third-order valence-electron chi connectivity index (χ3n) is 4.93. The SMILES string of the molecule is C=CCc1ccc(-c2ccc(-c3ccc(/C=C/CCCC(C)O)cc3)cc2)nc1. The van der Waals surface area contributed by atoms with E-state index in [1.54, 1.807) is 0 Å². The van der Waals surface area contributed by atoms with Crippen molar-refractivity contribution in [2.45, 2.75) is 38.7 Å². The highest BCUT2D eigenvalue weighted by molar-refractivity contribution is 5.70. The minimum atomic E-state index is -0.207. The summed E-state index contributed by atoms with van der Waals surface area (Å²) >= 11 is 0. The average molecular weight is 384 g/mol. The molecule has 0 aliphatic heterocycles. The number of hydrogen-bond acceptors (Lipinski definition) is 2. The number of rotatable bonds is 9. The molecule has 0 radical (unpaired) electrons. The first-order valence-electron chi connectivity index (χ1n) is 10.3. The highest BCUT2D eigenvalue weighted by Crippen LogP contribution is 2.24. The number of aliphatic hydroxyl groups is 1. The second-order valence-corrected chi connectivity index (χ2v) is 7.43. The lowest BCUT2D eigenvalue weighted by Crippen LogP contribution is -1.97. The number of pyridine rings is 1. The molecule has 0 amide bonds. The van der Waals surface area contributed by atoms with Crippen molar-refractivity contribution in [3.05, 3.63) is 96.7 Å². The van der Waals surface area contributed by atoms with Gasteiger partial charge in [-0.3, -0.25) is 4.98 Å². The van der Waals surface area contributed by atoms with E-state index >= 15 is 0 Å². The van der Waals surface area contributed by atoms with Gasteiger partial charge in [0.25, 0.3) is 0 Å². The van der Waals surface area contributed by atoms with Crippen molar-refractivity contribution in [2.24, 2.45) is 0 Å². The Kier molecular flexibility index (Phi) is 7.54. The summed E-state index contributed by atoms with van der Waals surface area (Å²) in [5.41, 5.74) is 6.89. The summed E-state index contributed by atoms with van der Waals surface area (Å²) in [6.45, 7) is 5.61. The summed E-state index contributed by atoms with van der Waals surface area (Å²) in [5.74, 6) is 0. The lowest BCUT2D eigenvalue weighted by molar-refractivity contribution is 0.182. The van der Waals surface area contributed by atoms with Crippen LogP contribution in [0.1, 0.15) is 37.3 Å². The van der Waals surface area contributed by atoms with Crippen molar-refractivity contribution >= 4 is 6.08 Å². The highest BCUT2D eigenvalue weighted by Gasteiger charge is 2.02. The zero-order chi connectivity index (χ0) is 20.5. The van der Waals surface area contributed by atoms with Crippen LogP contribution < -0.4 is 0 Å². The lowest BCUT2D eigenvalue weighted by Gasteiger charge is -2.06. The van der Waals surface area contributed by atoms with Crippen molar-refractivity contribution in [1.82, 2.24) is 4.98 Å². The Labute approximate surface area is 174 Å². The normalized spacial score (nSPS) is 12.2. The van der Waals surface area contributed by atoms with Gasteiger partial charge >= 0.3 is 0 Å². The van der Waals surface area contributed by atoms with Gasteiger partial charge in [-0.15, -0.1) is 6.58 Å². The largest absolute Gasteiger partial charge is 0.393 e. The minimum Gasteiger partial charge on any atom is -0.393 e. The number of benzene rings is 2. The van der Waals surface area contributed by atoms with E-state index in [0.29, 0.717) is 0 Å². The molecule has 1 aromatic heterocycles. The van der Waals surface area contributed by atoms with Crippen molar-refractivity contribution in [2.75, 3.05) is 0 Å². The van der Waals surface area contributed by atoms with E-state index < -0.39 is 0 Å². The molecule has 1 unspecified atom stereocenters. The zero-order valence-corrected chi connectivity index (χ0v) is 17.1. The minimum absolute atomic E-state index is 0.207. The maximum absolute atomic E-state index is 9.29. The maximum Gasteiger partial charge on any atom is 0.0702 e.